The maximum absolute atomic E-state index is 5.90. The van der Waals surface area contributed by atoms with Crippen molar-refractivity contribution in [2.24, 2.45) is 5.92 Å². The molecule has 0 radical (unpaired) electrons. The first kappa shape index (κ1) is 15.5. The zero-order valence-electron chi connectivity index (χ0n) is 13.6. The van der Waals surface area contributed by atoms with E-state index in [0.717, 1.165) is 24.5 Å². The van der Waals surface area contributed by atoms with Crippen molar-refractivity contribution in [2.75, 3.05) is 13.1 Å². The Labute approximate surface area is 144 Å². The van der Waals surface area contributed by atoms with Gasteiger partial charge in [-0.2, -0.15) is 5.10 Å². The van der Waals surface area contributed by atoms with E-state index in [1.807, 2.05) is 22.2 Å². The minimum atomic E-state index is 0.129. The molecule has 0 spiro atoms. The van der Waals surface area contributed by atoms with Gasteiger partial charge in [0.1, 0.15) is 12.7 Å². The van der Waals surface area contributed by atoms with Crippen LogP contribution in [0.25, 0.3) is 10.8 Å². The molecule has 0 aliphatic carbocycles. The van der Waals surface area contributed by atoms with E-state index in [-0.39, 0.29) is 6.04 Å². The lowest BCUT2D eigenvalue weighted by Crippen LogP contribution is -2.38. The topological polar surface area (TPSA) is 72.9 Å². The van der Waals surface area contributed by atoms with Crippen LogP contribution in [0.15, 0.2) is 34.6 Å². The molecule has 2 unspecified atom stereocenters. The molecule has 3 aromatic rings. The van der Waals surface area contributed by atoms with Crippen molar-refractivity contribution in [3.05, 3.63) is 36.1 Å². The van der Waals surface area contributed by atoms with Gasteiger partial charge < -0.3 is 4.42 Å². The molecule has 126 valence electrons. The number of hydrogen-bond donors (Lipinski definition) is 0. The summed E-state index contributed by atoms with van der Waals surface area (Å²) in [6.07, 6.45) is 5.77. The molecule has 4 heterocycles. The summed E-state index contributed by atoms with van der Waals surface area (Å²) < 4.78 is 7.82. The van der Waals surface area contributed by atoms with E-state index in [4.69, 9.17) is 4.42 Å². The first-order valence-electron chi connectivity index (χ1n) is 8.23. The van der Waals surface area contributed by atoms with Gasteiger partial charge in [-0.3, -0.25) is 9.58 Å². The molecule has 0 N–H and O–H groups in total. The molecular formula is C16H20N6OS. The van der Waals surface area contributed by atoms with Gasteiger partial charge >= 0.3 is 0 Å². The Morgan fingerprint density at radius 2 is 2.38 bits per heavy atom. The summed E-state index contributed by atoms with van der Waals surface area (Å²) in [7, 11) is 0. The normalized spacial score (nSPS) is 20.3. The van der Waals surface area contributed by atoms with Crippen molar-refractivity contribution in [1.82, 2.24) is 29.9 Å². The highest BCUT2D eigenvalue weighted by molar-refractivity contribution is 7.13. The molecule has 1 aliphatic heterocycles. The summed E-state index contributed by atoms with van der Waals surface area (Å²) in [6, 6.07) is 4.12. The molecule has 0 amide bonds. The van der Waals surface area contributed by atoms with Gasteiger partial charge in [0, 0.05) is 13.1 Å². The number of nitrogens with zero attached hydrogens (tertiary/aromatic N) is 6. The SMILES string of the molecule is CC(c1nnc(-c2cccs2)o1)N1CCCC(Cn2cncn2)C1. The highest BCUT2D eigenvalue weighted by Crippen LogP contribution is 2.29. The Bertz CT molecular complexity index is 753. The van der Waals surface area contributed by atoms with Gasteiger partial charge in [-0.15, -0.1) is 21.5 Å². The van der Waals surface area contributed by atoms with Crippen molar-refractivity contribution in [3.63, 3.8) is 0 Å². The first-order valence-corrected chi connectivity index (χ1v) is 9.11. The van der Waals surface area contributed by atoms with Crippen LogP contribution < -0.4 is 0 Å². The third kappa shape index (κ3) is 3.25. The highest BCUT2D eigenvalue weighted by atomic mass is 32.1. The van der Waals surface area contributed by atoms with Crippen LogP contribution >= 0.6 is 11.3 Å². The maximum atomic E-state index is 5.90. The fourth-order valence-electron chi connectivity index (χ4n) is 3.25. The van der Waals surface area contributed by atoms with Gasteiger partial charge in [-0.25, -0.2) is 4.98 Å². The fourth-order valence-corrected chi connectivity index (χ4v) is 3.89. The molecular weight excluding hydrogens is 324 g/mol. The summed E-state index contributed by atoms with van der Waals surface area (Å²) >= 11 is 1.61. The third-order valence-corrected chi connectivity index (χ3v) is 5.40. The van der Waals surface area contributed by atoms with E-state index in [0.29, 0.717) is 17.7 Å². The molecule has 0 aromatic carbocycles. The van der Waals surface area contributed by atoms with Gasteiger partial charge in [-0.05, 0) is 43.7 Å². The zero-order valence-corrected chi connectivity index (χ0v) is 14.4. The average molecular weight is 344 g/mol. The Hall–Kier alpha value is -2.06. The number of thiophene rings is 1. The molecule has 1 aliphatic rings. The second-order valence-corrected chi connectivity index (χ2v) is 7.17. The molecule has 4 rings (SSSR count). The quantitative estimate of drug-likeness (QED) is 0.709. The number of rotatable bonds is 5. The second-order valence-electron chi connectivity index (χ2n) is 6.22. The van der Waals surface area contributed by atoms with E-state index in [1.165, 1.54) is 12.8 Å². The molecule has 1 fully saturated rings. The van der Waals surface area contributed by atoms with E-state index < -0.39 is 0 Å². The highest BCUT2D eigenvalue weighted by Gasteiger charge is 2.28. The Kier molecular flexibility index (Phi) is 4.40. The van der Waals surface area contributed by atoms with E-state index in [2.05, 4.69) is 32.1 Å². The second kappa shape index (κ2) is 6.82. The van der Waals surface area contributed by atoms with Crippen LogP contribution in [0.5, 0.6) is 0 Å². The fraction of sp³-hybridized carbons (Fsp3) is 0.500. The van der Waals surface area contributed by atoms with Crippen LogP contribution in [0, 0.1) is 5.92 Å². The van der Waals surface area contributed by atoms with Crippen LogP contribution in [-0.2, 0) is 6.54 Å². The summed E-state index contributed by atoms with van der Waals surface area (Å²) in [5.41, 5.74) is 0. The van der Waals surface area contributed by atoms with Crippen molar-refractivity contribution >= 4 is 11.3 Å². The maximum Gasteiger partial charge on any atom is 0.257 e. The Morgan fingerprint density at radius 1 is 1.42 bits per heavy atom. The first-order chi connectivity index (χ1) is 11.8. The van der Waals surface area contributed by atoms with Crippen LogP contribution in [-0.4, -0.2) is 43.0 Å². The Balaban J connectivity index is 1.43. The molecule has 1 saturated heterocycles. The molecule has 24 heavy (non-hydrogen) atoms. The largest absolute Gasteiger partial charge is 0.418 e. The summed E-state index contributed by atoms with van der Waals surface area (Å²) in [4.78, 5) is 7.47. The van der Waals surface area contributed by atoms with Gasteiger partial charge in [0.2, 0.25) is 5.89 Å². The van der Waals surface area contributed by atoms with Crippen molar-refractivity contribution < 1.29 is 4.42 Å². The Morgan fingerprint density at radius 3 is 3.17 bits per heavy atom. The predicted molar refractivity (Wildman–Crippen MR) is 90.3 cm³/mol. The molecule has 8 heteroatoms. The smallest absolute Gasteiger partial charge is 0.257 e. The number of hydrogen-bond acceptors (Lipinski definition) is 7. The number of aromatic nitrogens is 5. The van der Waals surface area contributed by atoms with Crippen LogP contribution in [0.2, 0.25) is 0 Å². The molecule has 0 bridgehead atoms. The van der Waals surface area contributed by atoms with Crippen LogP contribution in [0.1, 0.15) is 31.7 Å². The lowest BCUT2D eigenvalue weighted by Gasteiger charge is -2.35. The molecule has 0 saturated carbocycles. The van der Waals surface area contributed by atoms with Gasteiger partial charge in [0.25, 0.3) is 5.89 Å². The van der Waals surface area contributed by atoms with Crippen molar-refractivity contribution in [1.29, 1.82) is 0 Å². The summed E-state index contributed by atoms with van der Waals surface area (Å²) in [6.45, 7) is 5.13. The predicted octanol–water partition coefficient (Wildman–Crippen LogP) is 2.86. The van der Waals surface area contributed by atoms with Gasteiger partial charge in [-0.1, -0.05) is 6.07 Å². The molecule has 3 aromatic heterocycles. The number of likely N-dealkylation sites (tertiary alicyclic amines) is 1. The standard InChI is InChI=1S/C16H20N6OS/c1-12(15-19-20-16(23-15)14-5-3-7-24-14)21-6-2-4-13(8-21)9-22-11-17-10-18-22/h3,5,7,10-13H,2,4,6,8-9H2,1H3. The molecule has 7 nitrogen and oxygen atoms in total. The summed E-state index contributed by atoms with van der Waals surface area (Å²) in [5, 5.41) is 14.7. The van der Waals surface area contributed by atoms with Crippen LogP contribution in [0.3, 0.4) is 0 Å². The minimum Gasteiger partial charge on any atom is -0.418 e. The van der Waals surface area contributed by atoms with E-state index >= 15 is 0 Å². The zero-order chi connectivity index (χ0) is 16.4. The average Bonchev–Trinajstić information content (AvgIpc) is 3.35. The van der Waals surface area contributed by atoms with E-state index in [1.54, 1.807) is 24.0 Å². The summed E-state index contributed by atoms with van der Waals surface area (Å²) in [5.74, 6) is 1.88. The van der Waals surface area contributed by atoms with Gasteiger partial charge in [0.05, 0.1) is 10.9 Å². The minimum absolute atomic E-state index is 0.129. The lowest BCUT2D eigenvalue weighted by atomic mass is 9.97. The van der Waals surface area contributed by atoms with Crippen molar-refractivity contribution in [3.8, 4) is 10.8 Å². The van der Waals surface area contributed by atoms with Crippen LogP contribution in [0.4, 0.5) is 0 Å². The van der Waals surface area contributed by atoms with Gasteiger partial charge in [0.15, 0.2) is 0 Å². The van der Waals surface area contributed by atoms with E-state index in [9.17, 15) is 0 Å². The molecule has 2 atom stereocenters. The monoisotopic (exact) mass is 344 g/mol. The van der Waals surface area contributed by atoms with Crippen molar-refractivity contribution in [2.45, 2.75) is 32.4 Å². The third-order valence-electron chi connectivity index (χ3n) is 4.54. The lowest BCUT2D eigenvalue weighted by molar-refractivity contribution is 0.107. The number of piperidine rings is 1.